The van der Waals surface area contributed by atoms with E-state index in [0.29, 0.717) is 5.69 Å². The third-order valence-electron chi connectivity index (χ3n) is 3.24. The number of rotatable bonds is 8. The molecule has 0 saturated heterocycles. The minimum absolute atomic E-state index is 0.0116. The fourth-order valence-electron chi connectivity index (χ4n) is 2.11. The Morgan fingerprint density at radius 1 is 1.04 bits per heavy atom. The number of amides is 1. The van der Waals surface area contributed by atoms with Gasteiger partial charge in [-0.05, 0) is 49.4 Å². The van der Waals surface area contributed by atoms with E-state index in [1.807, 2.05) is 0 Å². The Balaban J connectivity index is 2.06. The number of anilines is 1. The Bertz CT molecular complexity index is 794. The molecule has 1 amide bonds. The van der Waals surface area contributed by atoms with Gasteiger partial charge in [0.25, 0.3) is 5.91 Å². The number of benzene rings is 2. The van der Waals surface area contributed by atoms with Crippen molar-refractivity contribution >= 4 is 11.6 Å². The van der Waals surface area contributed by atoms with E-state index in [4.69, 9.17) is 4.74 Å². The summed E-state index contributed by atoms with van der Waals surface area (Å²) in [6, 6.07) is 8.97. The molecule has 0 spiro atoms. The summed E-state index contributed by atoms with van der Waals surface area (Å²) in [5.74, 6) is -0.818. The molecule has 0 fully saturated rings. The molecule has 0 heterocycles. The quantitative estimate of drug-likeness (QED) is 0.636. The van der Waals surface area contributed by atoms with Crippen molar-refractivity contribution in [2.75, 3.05) is 18.5 Å². The van der Waals surface area contributed by atoms with Gasteiger partial charge in [0, 0.05) is 11.3 Å². The molecule has 1 N–H and O–H groups in total. The predicted molar refractivity (Wildman–Crippen MR) is 90.2 cm³/mol. The van der Waals surface area contributed by atoms with Gasteiger partial charge in [-0.1, -0.05) is 0 Å². The summed E-state index contributed by atoms with van der Waals surface area (Å²) >= 11 is 0. The molecule has 0 saturated carbocycles. The van der Waals surface area contributed by atoms with E-state index in [0.717, 1.165) is 0 Å². The molecule has 0 aromatic heterocycles. The zero-order valence-electron chi connectivity index (χ0n) is 14.6. The molecular formula is C18H16F5NO4. The number of hydrogen-bond donors (Lipinski definition) is 1. The first-order chi connectivity index (χ1) is 13.2. The summed E-state index contributed by atoms with van der Waals surface area (Å²) in [7, 11) is 0. The van der Waals surface area contributed by atoms with Crippen molar-refractivity contribution in [3.63, 3.8) is 0 Å². The van der Waals surface area contributed by atoms with E-state index in [1.54, 1.807) is 6.92 Å². The molecule has 152 valence electrons. The van der Waals surface area contributed by atoms with Gasteiger partial charge in [0.05, 0.1) is 6.61 Å². The van der Waals surface area contributed by atoms with Gasteiger partial charge in [-0.3, -0.25) is 4.79 Å². The van der Waals surface area contributed by atoms with Crippen LogP contribution in [0.5, 0.6) is 17.2 Å². The van der Waals surface area contributed by atoms with Gasteiger partial charge >= 0.3 is 12.8 Å². The monoisotopic (exact) mass is 405 g/mol. The van der Waals surface area contributed by atoms with Gasteiger partial charge < -0.3 is 19.5 Å². The lowest BCUT2D eigenvalue weighted by atomic mass is 10.2. The highest BCUT2D eigenvalue weighted by Crippen LogP contribution is 2.30. The molecule has 0 aliphatic carbocycles. The number of carbonyl (C=O) groups is 1. The van der Waals surface area contributed by atoms with Crippen LogP contribution in [0.3, 0.4) is 0 Å². The van der Waals surface area contributed by atoms with Crippen molar-refractivity contribution in [1.29, 1.82) is 0 Å². The van der Waals surface area contributed by atoms with E-state index in [2.05, 4.69) is 14.8 Å². The number of alkyl halides is 5. The van der Waals surface area contributed by atoms with Crippen molar-refractivity contribution in [2.24, 2.45) is 0 Å². The van der Waals surface area contributed by atoms with Gasteiger partial charge in [0.1, 0.15) is 5.75 Å². The number of nitrogens with one attached hydrogen (secondary N) is 1. The molecule has 0 radical (unpaired) electrons. The molecule has 10 heteroatoms. The molecule has 28 heavy (non-hydrogen) atoms. The second-order valence-electron chi connectivity index (χ2n) is 5.36. The largest absolute Gasteiger partial charge is 0.490 e. The molecule has 0 aliphatic heterocycles. The molecular weight excluding hydrogens is 389 g/mol. The standard InChI is InChI=1S/C18H16F5NO4/c1-2-26-15-9-11(3-8-14(15)28-17(19)20)16(25)24-12-4-6-13(7-5-12)27-10-18(21,22)23/h3-9,17H,2,10H2,1H3,(H,24,25). The van der Waals surface area contributed by atoms with Crippen molar-refractivity contribution in [2.45, 2.75) is 19.7 Å². The van der Waals surface area contributed by atoms with Gasteiger partial charge in [0.2, 0.25) is 0 Å². The van der Waals surface area contributed by atoms with Crippen LogP contribution in [0.15, 0.2) is 42.5 Å². The third-order valence-corrected chi connectivity index (χ3v) is 3.24. The maximum atomic E-state index is 12.4. The second-order valence-corrected chi connectivity index (χ2v) is 5.36. The Kier molecular flexibility index (Phi) is 7.02. The first-order valence-corrected chi connectivity index (χ1v) is 8.00. The highest BCUT2D eigenvalue weighted by atomic mass is 19.4. The Morgan fingerprint density at radius 3 is 2.29 bits per heavy atom. The van der Waals surface area contributed by atoms with Crippen LogP contribution in [0, 0.1) is 0 Å². The molecule has 2 aromatic rings. The second kappa shape index (κ2) is 9.25. The number of hydrogen-bond acceptors (Lipinski definition) is 4. The SMILES string of the molecule is CCOc1cc(C(=O)Nc2ccc(OCC(F)(F)F)cc2)ccc1OC(F)F. The summed E-state index contributed by atoms with van der Waals surface area (Å²) in [5.41, 5.74) is 0.415. The Morgan fingerprint density at radius 2 is 1.71 bits per heavy atom. The van der Waals surface area contributed by atoms with E-state index in [9.17, 15) is 26.7 Å². The van der Waals surface area contributed by atoms with Gasteiger partial charge in [-0.2, -0.15) is 22.0 Å². The molecule has 0 aliphatic rings. The van der Waals surface area contributed by atoms with Crippen LogP contribution < -0.4 is 19.5 Å². The van der Waals surface area contributed by atoms with Gasteiger partial charge in [-0.25, -0.2) is 0 Å². The number of ether oxygens (including phenoxy) is 3. The van der Waals surface area contributed by atoms with Crippen molar-refractivity contribution in [3.05, 3.63) is 48.0 Å². The number of halogens is 5. The van der Waals surface area contributed by atoms with Crippen molar-refractivity contribution in [3.8, 4) is 17.2 Å². The van der Waals surface area contributed by atoms with Crippen molar-refractivity contribution < 1.29 is 41.0 Å². The normalized spacial score (nSPS) is 11.2. The minimum Gasteiger partial charge on any atom is -0.490 e. The molecule has 2 aromatic carbocycles. The average molecular weight is 405 g/mol. The topological polar surface area (TPSA) is 56.8 Å². The van der Waals surface area contributed by atoms with Crippen LogP contribution in [0.1, 0.15) is 17.3 Å². The predicted octanol–water partition coefficient (Wildman–Crippen LogP) is 4.88. The highest BCUT2D eigenvalue weighted by Gasteiger charge is 2.28. The summed E-state index contributed by atoms with van der Waals surface area (Å²) in [6.07, 6.45) is -4.45. The average Bonchev–Trinajstić information content (AvgIpc) is 2.61. The first kappa shape index (κ1) is 21.3. The molecule has 0 bridgehead atoms. The van der Waals surface area contributed by atoms with Crippen LogP contribution in [-0.2, 0) is 0 Å². The lowest BCUT2D eigenvalue weighted by Gasteiger charge is -2.13. The summed E-state index contributed by atoms with van der Waals surface area (Å²) < 4.78 is 75.3. The molecule has 0 unspecified atom stereocenters. The Labute approximate surface area is 157 Å². The highest BCUT2D eigenvalue weighted by molar-refractivity contribution is 6.04. The van der Waals surface area contributed by atoms with Crippen LogP contribution >= 0.6 is 0 Å². The van der Waals surface area contributed by atoms with E-state index >= 15 is 0 Å². The van der Waals surface area contributed by atoms with E-state index in [1.165, 1.54) is 42.5 Å². The number of carbonyl (C=O) groups excluding carboxylic acids is 1. The van der Waals surface area contributed by atoms with Gasteiger partial charge in [-0.15, -0.1) is 0 Å². The zero-order chi connectivity index (χ0) is 20.7. The summed E-state index contributed by atoms with van der Waals surface area (Å²) in [4.78, 5) is 12.3. The maximum Gasteiger partial charge on any atom is 0.422 e. The van der Waals surface area contributed by atoms with Crippen LogP contribution in [0.2, 0.25) is 0 Å². The molecule has 5 nitrogen and oxygen atoms in total. The van der Waals surface area contributed by atoms with Crippen LogP contribution in [0.25, 0.3) is 0 Å². The smallest absolute Gasteiger partial charge is 0.422 e. The zero-order valence-corrected chi connectivity index (χ0v) is 14.6. The Hall–Kier alpha value is -3.04. The summed E-state index contributed by atoms with van der Waals surface area (Å²) in [5, 5.41) is 2.53. The lowest BCUT2D eigenvalue weighted by molar-refractivity contribution is -0.153. The fourth-order valence-corrected chi connectivity index (χ4v) is 2.11. The maximum absolute atomic E-state index is 12.4. The van der Waals surface area contributed by atoms with E-state index < -0.39 is 25.3 Å². The summed E-state index contributed by atoms with van der Waals surface area (Å²) in [6.45, 7) is -2.66. The van der Waals surface area contributed by atoms with Crippen LogP contribution in [0.4, 0.5) is 27.6 Å². The molecule has 0 atom stereocenters. The third kappa shape index (κ3) is 6.60. The first-order valence-electron chi connectivity index (χ1n) is 8.00. The minimum atomic E-state index is -4.45. The lowest BCUT2D eigenvalue weighted by Crippen LogP contribution is -2.19. The fraction of sp³-hybridized carbons (Fsp3) is 0.278. The van der Waals surface area contributed by atoms with Gasteiger partial charge in [0.15, 0.2) is 18.1 Å². The van der Waals surface area contributed by atoms with Crippen molar-refractivity contribution in [1.82, 2.24) is 0 Å². The van der Waals surface area contributed by atoms with E-state index in [-0.39, 0.29) is 29.4 Å². The molecule has 2 rings (SSSR count). The van der Waals surface area contributed by atoms with Crippen LogP contribution in [-0.4, -0.2) is 31.9 Å².